The molecule has 0 fully saturated rings. The average Bonchev–Trinajstić information content (AvgIpc) is 2.81. The van der Waals surface area contributed by atoms with Crippen LogP contribution in [0.5, 0.6) is 17.2 Å². The van der Waals surface area contributed by atoms with E-state index in [1.165, 1.54) is 33.6 Å². The van der Waals surface area contributed by atoms with Crippen LogP contribution in [0.2, 0.25) is 0 Å². The number of hydrogen-bond donors (Lipinski definition) is 2. The van der Waals surface area contributed by atoms with E-state index in [0.717, 1.165) is 0 Å². The molecule has 174 valence electrons. The number of ether oxygens (including phenoxy) is 3. The SMILES string of the molecule is CCc1c(OC)c(OC)c(OC)c(-c2c(C(=O)O)c(=O)c3cccnc3n2CC)c1C(N)=O. The largest absolute Gasteiger partial charge is 0.492 e. The molecule has 1 aromatic carbocycles. The lowest BCUT2D eigenvalue weighted by atomic mass is 9.90. The molecule has 2 heterocycles. The number of aryl methyl sites for hydroxylation is 1. The number of nitrogens with zero attached hydrogens (tertiary/aromatic N) is 2. The molecular weight excluding hydrogens is 430 g/mol. The van der Waals surface area contributed by atoms with Crippen LogP contribution in [0, 0.1) is 0 Å². The summed E-state index contributed by atoms with van der Waals surface area (Å²) >= 11 is 0. The first kappa shape index (κ1) is 23.6. The van der Waals surface area contributed by atoms with Crippen LogP contribution in [-0.2, 0) is 13.0 Å². The molecule has 1 amide bonds. The summed E-state index contributed by atoms with van der Waals surface area (Å²) in [5.41, 5.74) is 5.13. The number of methoxy groups -OCH3 is 3. The van der Waals surface area contributed by atoms with Gasteiger partial charge in [0, 0.05) is 18.3 Å². The van der Waals surface area contributed by atoms with Gasteiger partial charge < -0.3 is 29.6 Å². The second-order valence-electron chi connectivity index (χ2n) is 7.02. The van der Waals surface area contributed by atoms with Gasteiger partial charge in [0.1, 0.15) is 11.2 Å². The van der Waals surface area contributed by atoms with Gasteiger partial charge in [-0.05, 0) is 25.5 Å². The maximum absolute atomic E-state index is 13.3. The number of rotatable bonds is 8. The van der Waals surface area contributed by atoms with Gasteiger partial charge in [-0.1, -0.05) is 6.92 Å². The van der Waals surface area contributed by atoms with Crippen molar-refractivity contribution in [1.82, 2.24) is 9.55 Å². The van der Waals surface area contributed by atoms with Crippen LogP contribution in [0.25, 0.3) is 22.3 Å². The Kier molecular flexibility index (Phi) is 6.57. The topological polar surface area (TPSA) is 143 Å². The standard InChI is InChI=1S/C23H25N3O7/c1-6-11-13(21(24)28)14(19(32-4)20(33-5)18(11)31-3)16-15(23(29)30)17(27)12-9-8-10-25-22(12)26(16)7-2/h8-10H,6-7H2,1-5H3,(H2,24,28)(H,29,30). The number of nitrogens with two attached hydrogens (primary N) is 1. The molecule has 2 aromatic heterocycles. The Morgan fingerprint density at radius 3 is 2.18 bits per heavy atom. The Bertz CT molecular complexity index is 1330. The quantitative estimate of drug-likeness (QED) is 0.527. The molecule has 0 unspecified atom stereocenters. The number of carbonyl (C=O) groups is 2. The lowest BCUT2D eigenvalue weighted by molar-refractivity contribution is 0.0695. The van der Waals surface area contributed by atoms with Crippen molar-refractivity contribution in [2.45, 2.75) is 26.8 Å². The van der Waals surface area contributed by atoms with Crippen LogP contribution in [0.1, 0.15) is 40.1 Å². The molecule has 0 saturated carbocycles. The minimum Gasteiger partial charge on any atom is -0.492 e. The predicted molar refractivity (Wildman–Crippen MR) is 122 cm³/mol. The number of aromatic nitrogens is 2. The molecule has 0 saturated heterocycles. The number of amides is 1. The van der Waals surface area contributed by atoms with Gasteiger partial charge in [-0.25, -0.2) is 9.78 Å². The van der Waals surface area contributed by atoms with Crippen LogP contribution < -0.4 is 25.4 Å². The highest BCUT2D eigenvalue weighted by atomic mass is 16.5. The van der Waals surface area contributed by atoms with E-state index in [2.05, 4.69) is 4.98 Å². The maximum Gasteiger partial charge on any atom is 0.341 e. The maximum atomic E-state index is 13.3. The van der Waals surface area contributed by atoms with E-state index < -0.39 is 22.9 Å². The number of aromatic carboxylic acids is 1. The summed E-state index contributed by atoms with van der Waals surface area (Å²) in [7, 11) is 4.14. The van der Waals surface area contributed by atoms with Crippen molar-refractivity contribution in [3.8, 4) is 28.5 Å². The van der Waals surface area contributed by atoms with Gasteiger partial charge >= 0.3 is 5.97 Å². The fraction of sp³-hybridized carbons (Fsp3) is 0.304. The molecule has 0 spiro atoms. The highest BCUT2D eigenvalue weighted by molar-refractivity contribution is 6.08. The Balaban J connectivity index is 2.78. The zero-order chi connectivity index (χ0) is 24.4. The molecule has 0 atom stereocenters. The van der Waals surface area contributed by atoms with Crippen molar-refractivity contribution in [3.63, 3.8) is 0 Å². The van der Waals surface area contributed by atoms with E-state index in [1.807, 2.05) is 0 Å². The molecule has 0 radical (unpaired) electrons. The Labute approximate surface area is 189 Å². The molecule has 10 heteroatoms. The normalized spacial score (nSPS) is 10.8. The summed E-state index contributed by atoms with van der Waals surface area (Å²) in [5, 5.41) is 10.2. The molecule has 3 rings (SSSR count). The Hall–Kier alpha value is -4.08. The third-order valence-electron chi connectivity index (χ3n) is 5.47. The summed E-state index contributed by atoms with van der Waals surface area (Å²) < 4.78 is 18.2. The van der Waals surface area contributed by atoms with Crippen LogP contribution in [-0.4, -0.2) is 47.9 Å². The van der Waals surface area contributed by atoms with Crippen molar-refractivity contribution >= 4 is 22.9 Å². The number of carboxylic acid groups (broad SMARTS) is 1. The average molecular weight is 455 g/mol. The summed E-state index contributed by atoms with van der Waals surface area (Å²) in [6.45, 7) is 3.79. The lowest BCUT2D eigenvalue weighted by Crippen LogP contribution is -2.25. The summed E-state index contributed by atoms with van der Waals surface area (Å²) in [6, 6.07) is 3.06. The van der Waals surface area contributed by atoms with Crippen molar-refractivity contribution in [2.75, 3.05) is 21.3 Å². The number of pyridine rings is 2. The van der Waals surface area contributed by atoms with Crippen molar-refractivity contribution in [2.24, 2.45) is 5.73 Å². The highest BCUT2D eigenvalue weighted by Gasteiger charge is 2.34. The van der Waals surface area contributed by atoms with E-state index in [1.54, 1.807) is 24.5 Å². The molecule has 10 nitrogen and oxygen atoms in total. The number of carboxylic acids is 1. The molecule has 0 aliphatic heterocycles. The van der Waals surface area contributed by atoms with Crippen LogP contribution in [0.3, 0.4) is 0 Å². The first-order chi connectivity index (χ1) is 15.8. The van der Waals surface area contributed by atoms with Crippen molar-refractivity contribution < 1.29 is 28.9 Å². The number of carbonyl (C=O) groups excluding carboxylic acids is 1. The van der Waals surface area contributed by atoms with E-state index in [-0.39, 0.29) is 51.6 Å². The monoisotopic (exact) mass is 455 g/mol. The van der Waals surface area contributed by atoms with E-state index in [9.17, 15) is 19.5 Å². The molecule has 3 aromatic rings. The lowest BCUT2D eigenvalue weighted by Gasteiger charge is -2.25. The zero-order valence-electron chi connectivity index (χ0n) is 19.0. The molecule has 0 aliphatic carbocycles. The van der Waals surface area contributed by atoms with Gasteiger partial charge in [0.15, 0.2) is 11.5 Å². The van der Waals surface area contributed by atoms with E-state index in [0.29, 0.717) is 12.0 Å². The van der Waals surface area contributed by atoms with Gasteiger partial charge in [-0.2, -0.15) is 0 Å². The van der Waals surface area contributed by atoms with E-state index in [4.69, 9.17) is 19.9 Å². The van der Waals surface area contributed by atoms with Gasteiger partial charge in [-0.15, -0.1) is 0 Å². The number of hydrogen-bond acceptors (Lipinski definition) is 7. The number of primary amides is 1. The Morgan fingerprint density at radius 1 is 1.06 bits per heavy atom. The molecule has 33 heavy (non-hydrogen) atoms. The fourth-order valence-corrected chi connectivity index (χ4v) is 4.20. The smallest absolute Gasteiger partial charge is 0.341 e. The minimum absolute atomic E-state index is 0.0136. The third kappa shape index (κ3) is 3.53. The summed E-state index contributed by atoms with van der Waals surface area (Å²) in [6.07, 6.45) is 1.80. The molecule has 3 N–H and O–H groups in total. The van der Waals surface area contributed by atoms with Gasteiger partial charge in [0.25, 0.3) is 0 Å². The van der Waals surface area contributed by atoms with Gasteiger partial charge in [0.05, 0.1) is 43.5 Å². The predicted octanol–water partition coefficient (Wildman–Crippen LogP) is 2.47. The minimum atomic E-state index is -1.46. The van der Waals surface area contributed by atoms with Crippen LogP contribution in [0.15, 0.2) is 23.1 Å². The number of benzene rings is 1. The van der Waals surface area contributed by atoms with Crippen molar-refractivity contribution in [1.29, 1.82) is 0 Å². The number of fused-ring (bicyclic) bond motifs is 1. The third-order valence-corrected chi connectivity index (χ3v) is 5.47. The van der Waals surface area contributed by atoms with E-state index >= 15 is 0 Å². The fourth-order valence-electron chi connectivity index (χ4n) is 4.20. The summed E-state index contributed by atoms with van der Waals surface area (Å²) in [5.74, 6) is -1.92. The molecular formula is C23H25N3O7. The molecule has 0 bridgehead atoms. The van der Waals surface area contributed by atoms with Gasteiger partial charge in [0.2, 0.25) is 17.1 Å². The van der Waals surface area contributed by atoms with Crippen LogP contribution >= 0.6 is 0 Å². The highest BCUT2D eigenvalue weighted by Crippen LogP contribution is 2.50. The Morgan fingerprint density at radius 2 is 1.70 bits per heavy atom. The first-order valence-electron chi connectivity index (χ1n) is 10.2. The van der Waals surface area contributed by atoms with Crippen molar-refractivity contribution in [3.05, 3.63) is 45.2 Å². The zero-order valence-corrected chi connectivity index (χ0v) is 19.0. The van der Waals surface area contributed by atoms with Crippen LogP contribution in [0.4, 0.5) is 0 Å². The second kappa shape index (κ2) is 9.19. The first-order valence-corrected chi connectivity index (χ1v) is 10.2. The summed E-state index contributed by atoms with van der Waals surface area (Å²) in [4.78, 5) is 42.8. The van der Waals surface area contributed by atoms with Gasteiger partial charge in [-0.3, -0.25) is 9.59 Å². The molecule has 0 aliphatic rings. The second-order valence-corrected chi connectivity index (χ2v) is 7.02.